The summed E-state index contributed by atoms with van der Waals surface area (Å²) in [6.45, 7) is 4.35. The average molecular weight is 309 g/mol. The summed E-state index contributed by atoms with van der Waals surface area (Å²) in [7, 11) is 0. The summed E-state index contributed by atoms with van der Waals surface area (Å²) < 4.78 is 0. The van der Waals surface area contributed by atoms with E-state index in [1.54, 1.807) is 0 Å². The van der Waals surface area contributed by atoms with E-state index in [2.05, 4.69) is 74.5 Å². The summed E-state index contributed by atoms with van der Waals surface area (Å²) in [5.74, 6) is 0.354. The molecule has 0 fully saturated rings. The second kappa shape index (κ2) is 5.65. The van der Waals surface area contributed by atoms with Gasteiger partial charge in [-0.3, -0.25) is 0 Å². The molecule has 0 bridgehead atoms. The van der Waals surface area contributed by atoms with Gasteiger partial charge >= 0.3 is 0 Å². The Morgan fingerprint density at radius 1 is 0.958 bits per heavy atom. The molecule has 1 heteroatoms. The number of nitrogens with zero attached hydrogens (tertiary/aromatic N) is 1. The molecule has 1 aliphatic rings. The van der Waals surface area contributed by atoms with E-state index in [0.29, 0.717) is 5.92 Å². The highest BCUT2D eigenvalue weighted by Crippen LogP contribution is 2.42. The van der Waals surface area contributed by atoms with Gasteiger partial charge in [-0.15, -0.1) is 0 Å². The van der Waals surface area contributed by atoms with E-state index in [9.17, 15) is 5.26 Å². The normalized spacial score (nSPS) is 16.4. The van der Waals surface area contributed by atoms with E-state index in [0.717, 1.165) is 17.5 Å². The smallest absolute Gasteiger partial charge is 0.0994 e. The molecule has 3 aromatic carbocycles. The molecular weight excluding hydrogens is 290 g/mol. The van der Waals surface area contributed by atoms with Gasteiger partial charge in [-0.05, 0) is 58.0 Å². The van der Waals surface area contributed by atoms with Crippen LogP contribution in [0.15, 0.2) is 60.7 Å². The van der Waals surface area contributed by atoms with Crippen LogP contribution in [0.4, 0.5) is 0 Å². The van der Waals surface area contributed by atoms with Gasteiger partial charge in [-0.2, -0.15) is 5.26 Å². The summed E-state index contributed by atoms with van der Waals surface area (Å²) in [6.07, 6.45) is 3.34. The van der Waals surface area contributed by atoms with Crippen LogP contribution < -0.4 is 0 Å². The maximum atomic E-state index is 9.30. The number of hydrogen-bond acceptors (Lipinski definition) is 1. The standard InChI is InChI=1S/C23H19N/c1-15-19(14-24)10-13-22-21(15)12-9-18-8-11-20(16(2)23(18)22)17-6-4-3-5-7-17/h3-7,9-13,16H,8H2,1-2H3. The molecule has 1 nitrogen and oxygen atoms in total. The predicted octanol–water partition coefficient (Wildman–Crippen LogP) is 5.76. The Morgan fingerprint density at radius 2 is 1.71 bits per heavy atom. The van der Waals surface area contributed by atoms with Crippen molar-refractivity contribution in [3.63, 3.8) is 0 Å². The largest absolute Gasteiger partial charge is 0.192 e. The van der Waals surface area contributed by atoms with Crippen molar-refractivity contribution in [2.24, 2.45) is 0 Å². The topological polar surface area (TPSA) is 23.8 Å². The number of hydrogen-bond donors (Lipinski definition) is 0. The Bertz CT molecular complexity index is 1000. The number of aryl methyl sites for hydroxylation is 1. The van der Waals surface area contributed by atoms with E-state index in [1.165, 1.54) is 33.0 Å². The maximum Gasteiger partial charge on any atom is 0.0994 e. The summed E-state index contributed by atoms with van der Waals surface area (Å²) in [5, 5.41) is 11.8. The fourth-order valence-corrected chi connectivity index (χ4v) is 3.99. The van der Waals surface area contributed by atoms with Gasteiger partial charge in [-0.1, -0.05) is 61.5 Å². The van der Waals surface area contributed by atoms with Gasteiger partial charge in [0.15, 0.2) is 0 Å². The molecule has 0 aromatic heterocycles. The second-order valence-corrected chi connectivity index (χ2v) is 6.53. The van der Waals surface area contributed by atoms with Crippen LogP contribution in [0.2, 0.25) is 0 Å². The first kappa shape index (κ1) is 14.7. The lowest BCUT2D eigenvalue weighted by Gasteiger charge is -2.27. The summed E-state index contributed by atoms with van der Waals surface area (Å²) in [6, 6.07) is 21.5. The van der Waals surface area contributed by atoms with Crippen molar-refractivity contribution >= 4 is 16.3 Å². The Kier molecular flexibility index (Phi) is 3.47. The molecule has 3 aromatic rings. The van der Waals surface area contributed by atoms with Crippen molar-refractivity contribution in [3.05, 3.63) is 88.5 Å². The minimum Gasteiger partial charge on any atom is -0.192 e. The first-order valence-corrected chi connectivity index (χ1v) is 8.41. The van der Waals surface area contributed by atoms with Crippen LogP contribution in [0, 0.1) is 18.3 Å². The molecule has 1 atom stereocenters. The third-order valence-corrected chi connectivity index (χ3v) is 5.27. The SMILES string of the molecule is Cc1c(C#N)ccc2c3c(ccc12)CC=C(c1ccccc1)C3C. The van der Waals surface area contributed by atoms with Crippen LogP contribution in [0.3, 0.4) is 0 Å². The summed E-state index contributed by atoms with van der Waals surface area (Å²) in [4.78, 5) is 0. The first-order valence-electron chi connectivity index (χ1n) is 8.41. The number of benzene rings is 3. The molecule has 24 heavy (non-hydrogen) atoms. The van der Waals surface area contributed by atoms with Crippen molar-refractivity contribution in [2.75, 3.05) is 0 Å². The molecule has 0 amide bonds. The van der Waals surface area contributed by atoms with Gasteiger partial charge in [-0.25, -0.2) is 0 Å². The molecule has 4 rings (SSSR count). The van der Waals surface area contributed by atoms with Crippen molar-refractivity contribution in [2.45, 2.75) is 26.2 Å². The van der Waals surface area contributed by atoms with Crippen LogP contribution in [-0.4, -0.2) is 0 Å². The van der Waals surface area contributed by atoms with E-state index in [1.807, 2.05) is 6.07 Å². The van der Waals surface area contributed by atoms with Crippen molar-refractivity contribution in [1.29, 1.82) is 5.26 Å². The van der Waals surface area contributed by atoms with Gasteiger partial charge in [0, 0.05) is 5.92 Å². The number of rotatable bonds is 1. The number of fused-ring (bicyclic) bond motifs is 3. The van der Waals surface area contributed by atoms with Crippen LogP contribution in [0.5, 0.6) is 0 Å². The highest BCUT2D eigenvalue weighted by Gasteiger charge is 2.23. The fraction of sp³-hybridized carbons (Fsp3) is 0.174. The number of allylic oxidation sites excluding steroid dienone is 2. The van der Waals surface area contributed by atoms with E-state index in [4.69, 9.17) is 0 Å². The van der Waals surface area contributed by atoms with E-state index >= 15 is 0 Å². The second-order valence-electron chi connectivity index (χ2n) is 6.53. The van der Waals surface area contributed by atoms with Crippen LogP contribution in [-0.2, 0) is 6.42 Å². The van der Waals surface area contributed by atoms with Gasteiger partial charge in [0.25, 0.3) is 0 Å². The molecule has 0 spiro atoms. The van der Waals surface area contributed by atoms with Gasteiger partial charge in [0.1, 0.15) is 0 Å². The first-order chi connectivity index (χ1) is 11.7. The zero-order valence-electron chi connectivity index (χ0n) is 14.0. The monoisotopic (exact) mass is 309 g/mol. The molecule has 0 saturated heterocycles. The summed E-state index contributed by atoms with van der Waals surface area (Å²) >= 11 is 0. The highest BCUT2D eigenvalue weighted by molar-refractivity contribution is 5.94. The lowest BCUT2D eigenvalue weighted by molar-refractivity contribution is 0.942. The van der Waals surface area contributed by atoms with Crippen LogP contribution in [0.1, 0.15) is 40.7 Å². The lowest BCUT2D eigenvalue weighted by atomic mass is 9.77. The van der Waals surface area contributed by atoms with E-state index in [-0.39, 0.29) is 0 Å². The Labute approximate surface area is 142 Å². The Balaban J connectivity index is 1.93. The molecule has 116 valence electrons. The predicted molar refractivity (Wildman–Crippen MR) is 99.9 cm³/mol. The van der Waals surface area contributed by atoms with Crippen LogP contribution in [0.25, 0.3) is 16.3 Å². The van der Waals surface area contributed by atoms with Gasteiger partial charge in [0.05, 0.1) is 11.6 Å². The van der Waals surface area contributed by atoms with Crippen LogP contribution >= 0.6 is 0 Å². The maximum absolute atomic E-state index is 9.30. The van der Waals surface area contributed by atoms with Crippen molar-refractivity contribution < 1.29 is 0 Å². The Hall–Kier alpha value is -2.85. The highest BCUT2D eigenvalue weighted by atomic mass is 14.3. The third kappa shape index (κ3) is 2.15. The lowest BCUT2D eigenvalue weighted by Crippen LogP contribution is -2.08. The third-order valence-electron chi connectivity index (χ3n) is 5.27. The van der Waals surface area contributed by atoms with Crippen molar-refractivity contribution in [1.82, 2.24) is 0 Å². The minimum atomic E-state index is 0.354. The number of nitriles is 1. The molecule has 1 unspecified atom stereocenters. The van der Waals surface area contributed by atoms with E-state index < -0.39 is 0 Å². The van der Waals surface area contributed by atoms with Crippen molar-refractivity contribution in [3.8, 4) is 6.07 Å². The summed E-state index contributed by atoms with van der Waals surface area (Å²) in [5.41, 5.74) is 7.38. The minimum absolute atomic E-state index is 0.354. The molecular formula is C23H19N. The average Bonchev–Trinajstić information content (AvgIpc) is 2.63. The zero-order chi connectivity index (χ0) is 16.7. The molecule has 0 radical (unpaired) electrons. The van der Waals surface area contributed by atoms with Gasteiger partial charge in [0.2, 0.25) is 0 Å². The van der Waals surface area contributed by atoms with Gasteiger partial charge < -0.3 is 0 Å². The zero-order valence-corrected chi connectivity index (χ0v) is 14.0. The molecule has 0 heterocycles. The molecule has 0 N–H and O–H groups in total. The molecule has 0 saturated carbocycles. The quantitative estimate of drug-likeness (QED) is 0.560. The molecule has 1 aliphatic carbocycles. The Morgan fingerprint density at radius 3 is 2.46 bits per heavy atom. The fourth-order valence-electron chi connectivity index (χ4n) is 3.99. The molecule has 0 aliphatic heterocycles.